The molecule has 0 radical (unpaired) electrons. The van der Waals surface area contributed by atoms with E-state index in [2.05, 4.69) is 47.5 Å². The number of hydrogen-bond acceptors (Lipinski definition) is 5. The fourth-order valence-corrected chi connectivity index (χ4v) is 6.75. The zero-order chi connectivity index (χ0) is 18.8. The van der Waals surface area contributed by atoms with Crippen LogP contribution in [0.5, 0.6) is 5.75 Å². The number of esters is 1. The van der Waals surface area contributed by atoms with E-state index in [1.807, 2.05) is 0 Å². The van der Waals surface area contributed by atoms with Gasteiger partial charge in [0.15, 0.2) is 0 Å². The minimum atomic E-state index is -0.146. The van der Waals surface area contributed by atoms with Crippen molar-refractivity contribution in [3.05, 3.63) is 35.9 Å². The van der Waals surface area contributed by atoms with Crippen LogP contribution in [0.15, 0.2) is 30.4 Å². The Labute approximate surface area is 160 Å². The van der Waals surface area contributed by atoms with Gasteiger partial charge < -0.3 is 14.8 Å². The van der Waals surface area contributed by atoms with Crippen molar-refractivity contribution < 1.29 is 14.3 Å². The van der Waals surface area contributed by atoms with Gasteiger partial charge in [-0.25, -0.2) is 0 Å². The number of hydrogen-bond donors (Lipinski definition) is 1. The Morgan fingerprint density at radius 3 is 2.96 bits per heavy atom. The van der Waals surface area contributed by atoms with Crippen LogP contribution < -0.4 is 10.1 Å². The van der Waals surface area contributed by atoms with Gasteiger partial charge in [-0.3, -0.25) is 9.69 Å². The second kappa shape index (κ2) is 5.74. The fourth-order valence-electron chi connectivity index (χ4n) is 6.75. The summed E-state index contributed by atoms with van der Waals surface area (Å²) in [6.07, 6.45) is 7.68. The summed E-state index contributed by atoms with van der Waals surface area (Å²) in [4.78, 5) is 15.5. The summed E-state index contributed by atoms with van der Waals surface area (Å²) in [5.74, 6) is 0.619. The lowest BCUT2D eigenvalue weighted by molar-refractivity contribution is -0.151. The highest BCUT2D eigenvalue weighted by Gasteiger charge is 2.69. The number of fused-ring (bicyclic) bond motifs is 1. The maximum absolute atomic E-state index is 12.9. The molecule has 27 heavy (non-hydrogen) atoms. The van der Waals surface area contributed by atoms with Crippen molar-refractivity contribution in [1.82, 2.24) is 4.90 Å². The summed E-state index contributed by atoms with van der Waals surface area (Å²) >= 11 is 0. The van der Waals surface area contributed by atoms with Gasteiger partial charge in [0.25, 0.3) is 0 Å². The molecule has 3 aliphatic heterocycles. The van der Waals surface area contributed by atoms with E-state index in [1.165, 1.54) is 12.7 Å². The predicted octanol–water partition coefficient (Wildman–Crippen LogP) is 2.96. The van der Waals surface area contributed by atoms with Crippen molar-refractivity contribution in [2.75, 3.05) is 32.6 Å². The van der Waals surface area contributed by atoms with E-state index in [0.29, 0.717) is 6.04 Å². The number of nitrogens with zero attached hydrogens (tertiary/aromatic N) is 1. The first-order chi connectivity index (χ1) is 13.1. The Morgan fingerprint density at radius 1 is 1.37 bits per heavy atom. The molecule has 4 aliphatic rings. The molecule has 1 aliphatic carbocycles. The van der Waals surface area contributed by atoms with Crippen molar-refractivity contribution in [2.24, 2.45) is 11.3 Å². The monoisotopic (exact) mass is 368 g/mol. The quantitative estimate of drug-likeness (QED) is 0.657. The standard InChI is InChI=1S/C22H28N2O3/c1-4-21-8-5-10-24-11-9-22(20(21)24)16-7-6-14(26-2)12-17(16)23-18(22)15(13-21)19(25)27-3/h5-8,12,15,18,20,23H,4,9-11,13H2,1-3H3/t15-,18-,20-,21-,22-/m0/s1. The number of anilines is 1. The maximum Gasteiger partial charge on any atom is 0.310 e. The van der Waals surface area contributed by atoms with Gasteiger partial charge in [0.2, 0.25) is 0 Å². The lowest BCUT2D eigenvalue weighted by Crippen LogP contribution is -2.66. The average Bonchev–Trinajstić information content (AvgIpc) is 3.26. The van der Waals surface area contributed by atoms with Gasteiger partial charge in [-0.2, -0.15) is 0 Å². The minimum Gasteiger partial charge on any atom is -0.497 e. The second-order valence-electron chi connectivity index (χ2n) is 8.54. The lowest BCUT2D eigenvalue weighted by atomic mass is 9.51. The van der Waals surface area contributed by atoms with Crippen molar-refractivity contribution >= 4 is 11.7 Å². The first kappa shape index (κ1) is 17.1. The van der Waals surface area contributed by atoms with E-state index in [-0.39, 0.29) is 28.8 Å². The molecule has 3 heterocycles. The van der Waals surface area contributed by atoms with Gasteiger partial charge in [-0.05, 0) is 37.4 Å². The zero-order valence-corrected chi connectivity index (χ0v) is 16.3. The number of methoxy groups -OCH3 is 2. The molecule has 2 fully saturated rings. The molecule has 1 aromatic carbocycles. The molecule has 1 spiro atoms. The Morgan fingerprint density at radius 2 is 2.22 bits per heavy atom. The maximum atomic E-state index is 12.9. The van der Waals surface area contributed by atoms with Gasteiger partial charge in [0, 0.05) is 35.2 Å². The molecule has 1 saturated carbocycles. The summed E-state index contributed by atoms with van der Waals surface area (Å²) in [6.45, 7) is 4.36. The number of carbonyl (C=O) groups is 1. The van der Waals surface area contributed by atoms with Crippen LogP contribution in [-0.2, 0) is 14.9 Å². The SMILES string of the molecule is CC[C@]12C=CCN3CC[C@@]4(c5ccc(OC)cc5N[C@H]4[C@@H](C(=O)OC)C1)[C@@H]32. The fraction of sp³-hybridized carbons (Fsp3) is 0.591. The molecule has 144 valence electrons. The van der Waals surface area contributed by atoms with Gasteiger partial charge in [0.1, 0.15) is 5.75 Å². The summed E-state index contributed by atoms with van der Waals surface area (Å²) < 4.78 is 10.7. The highest BCUT2D eigenvalue weighted by atomic mass is 16.5. The van der Waals surface area contributed by atoms with E-state index >= 15 is 0 Å². The van der Waals surface area contributed by atoms with Crippen molar-refractivity contribution in [3.8, 4) is 5.75 Å². The second-order valence-corrected chi connectivity index (χ2v) is 8.54. The number of nitrogens with one attached hydrogen (secondary N) is 1. The third-order valence-corrected chi connectivity index (χ3v) is 7.76. The molecule has 1 N–H and O–H groups in total. The van der Waals surface area contributed by atoms with Crippen LogP contribution in [-0.4, -0.2) is 50.3 Å². The molecule has 0 amide bonds. The predicted molar refractivity (Wildman–Crippen MR) is 104 cm³/mol. The molecule has 0 bridgehead atoms. The van der Waals surface area contributed by atoms with Crippen LogP contribution in [0.25, 0.3) is 0 Å². The molecule has 5 heteroatoms. The molecule has 0 unspecified atom stereocenters. The van der Waals surface area contributed by atoms with Crippen molar-refractivity contribution in [3.63, 3.8) is 0 Å². The molecule has 5 nitrogen and oxygen atoms in total. The lowest BCUT2D eigenvalue weighted by Gasteiger charge is -2.57. The molecule has 1 saturated heterocycles. The van der Waals surface area contributed by atoms with Gasteiger partial charge >= 0.3 is 5.97 Å². The molecule has 5 atom stereocenters. The number of rotatable bonds is 3. The Bertz CT molecular complexity index is 822. The number of ether oxygens (including phenoxy) is 2. The zero-order valence-electron chi connectivity index (χ0n) is 16.3. The first-order valence-corrected chi connectivity index (χ1v) is 10.0. The largest absolute Gasteiger partial charge is 0.497 e. The summed E-state index contributed by atoms with van der Waals surface area (Å²) in [7, 11) is 3.22. The Hall–Kier alpha value is -2.01. The highest BCUT2D eigenvalue weighted by molar-refractivity contribution is 5.78. The third kappa shape index (κ3) is 2.01. The summed E-state index contributed by atoms with van der Waals surface area (Å²) in [5.41, 5.74) is 2.44. The smallest absolute Gasteiger partial charge is 0.310 e. The van der Waals surface area contributed by atoms with Crippen LogP contribution in [0, 0.1) is 11.3 Å². The van der Waals surface area contributed by atoms with Crippen molar-refractivity contribution in [2.45, 2.75) is 43.7 Å². The van der Waals surface area contributed by atoms with E-state index < -0.39 is 0 Å². The van der Waals surface area contributed by atoms with E-state index in [1.54, 1.807) is 7.11 Å². The molecule has 1 aromatic rings. The van der Waals surface area contributed by atoms with Crippen LogP contribution in [0.4, 0.5) is 5.69 Å². The van der Waals surface area contributed by atoms with Crippen molar-refractivity contribution in [1.29, 1.82) is 0 Å². The Kier molecular flexibility index (Phi) is 3.64. The normalized spacial score (nSPS) is 38.6. The summed E-state index contributed by atoms with van der Waals surface area (Å²) in [6, 6.07) is 6.88. The highest BCUT2D eigenvalue weighted by Crippen LogP contribution is 2.64. The molecular weight excluding hydrogens is 340 g/mol. The summed E-state index contributed by atoms with van der Waals surface area (Å²) in [5, 5.41) is 3.74. The topological polar surface area (TPSA) is 50.8 Å². The minimum absolute atomic E-state index is 0.0212. The molecular formula is C22H28N2O3. The van der Waals surface area contributed by atoms with Crippen LogP contribution in [0.1, 0.15) is 31.7 Å². The van der Waals surface area contributed by atoms with Crippen LogP contribution in [0.2, 0.25) is 0 Å². The average molecular weight is 368 g/mol. The third-order valence-electron chi connectivity index (χ3n) is 7.76. The van der Waals surface area contributed by atoms with E-state index in [4.69, 9.17) is 9.47 Å². The Balaban J connectivity index is 1.73. The number of benzene rings is 1. The van der Waals surface area contributed by atoms with E-state index in [9.17, 15) is 4.79 Å². The van der Waals surface area contributed by atoms with Gasteiger partial charge in [-0.1, -0.05) is 25.1 Å². The number of carbonyl (C=O) groups excluding carboxylic acids is 1. The van der Waals surface area contributed by atoms with Gasteiger partial charge in [-0.15, -0.1) is 0 Å². The van der Waals surface area contributed by atoms with E-state index in [0.717, 1.165) is 43.8 Å². The molecule has 5 rings (SSSR count). The van der Waals surface area contributed by atoms with Gasteiger partial charge in [0.05, 0.1) is 26.2 Å². The molecule has 0 aromatic heterocycles. The van der Waals surface area contributed by atoms with Crippen LogP contribution in [0.3, 0.4) is 0 Å². The first-order valence-electron chi connectivity index (χ1n) is 10.0. The van der Waals surface area contributed by atoms with Crippen LogP contribution >= 0.6 is 0 Å².